The van der Waals surface area contributed by atoms with Crippen molar-refractivity contribution >= 4 is 6.09 Å². The standard InChI is InChI=1S/C10H19F2NO3/c1-9(2,3)16-8(15)13-7-10(11,12)5-4-6-14/h14H,4-7H2,1-3H3,(H,13,15). The maximum absolute atomic E-state index is 13.0. The summed E-state index contributed by atoms with van der Waals surface area (Å²) in [5.41, 5.74) is -0.704. The van der Waals surface area contributed by atoms with Crippen LogP contribution in [0.3, 0.4) is 0 Å². The molecule has 6 heteroatoms. The van der Waals surface area contributed by atoms with Gasteiger partial charge >= 0.3 is 6.09 Å². The molecule has 1 amide bonds. The third-order valence-corrected chi connectivity index (χ3v) is 1.59. The fourth-order valence-corrected chi connectivity index (χ4v) is 0.942. The Labute approximate surface area is 94.0 Å². The lowest BCUT2D eigenvalue weighted by Gasteiger charge is -2.21. The van der Waals surface area contributed by atoms with E-state index in [2.05, 4.69) is 0 Å². The molecule has 0 aliphatic carbocycles. The van der Waals surface area contributed by atoms with Crippen molar-refractivity contribution in [3.05, 3.63) is 0 Å². The molecule has 0 heterocycles. The van der Waals surface area contributed by atoms with Crippen LogP contribution in [-0.4, -0.2) is 35.9 Å². The minimum absolute atomic E-state index is 0.00297. The van der Waals surface area contributed by atoms with Gasteiger partial charge in [-0.15, -0.1) is 0 Å². The van der Waals surface area contributed by atoms with Crippen molar-refractivity contribution in [2.75, 3.05) is 13.2 Å². The lowest BCUT2D eigenvalue weighted by molar-refractivity contribution is -0.0163. The van der Waals surface area contributed by atoms with Crippen molar-refractivity contribution in [2.24, 2.45) is 0 Å². The first-order valence-corrected chi connectivity index (χ1v) is 5.12. The van der Waals surface area contributed by atoms with Crippen molar-refractivity contribution in [3.63, 3.8) is 0 Å². The van der Waals surface area contributed by atoms with E-state index in [9.17, 15) is 13.6 Å². The topological polar surface area (TPSA) is 58.6 Å². The van der Waals surface area contributed by atoms with Gasteiger partial charge in [0.1, 0.15) is 5.60 Å². The summed E-state index contributed by atoms with van der Waals surface area (Å²) in [6, 6.07) is 0. The Morgan fingerprint density at radius 1 is 1.38 bits per heavy atom. The van der Waals surface area contributed by atoms with Gasteiger partial charge in [0, 0.05) is 13.0 Å². The summed E-state index contributed by atoms with van der Waals surface area (Å²) in [6.45, 7) is 3.88. The first kappa shape index (κ1) is 15.1. The summed E-state index contributed by atoms with van der Waals surface area (Å²) < 4.78 is 30.9. The fourth-order valence-electron chi connectivity index (χ4n) is 0.942. The molecule has 2 N–H and O–H groups in total. The number of carbonyl (C=O) groups is 1. The predicted molar refractivity (Wildman–Crippen MR) is 55.5 cm³/mol. The molecule has 0 aliphatic heterocycles. The van der Waals surface area contributed by atoms with Gasteiger partial charge in [-0.3, -0.25) is 0 Å². The van der Waals surface area contributed by atoms with Gasteiger partial charge in [0.05, 0.1) is 6.54 Å². The van der Waals surface area contributed by atoms with Crippen molar-refractivity contribution < 1.29 is 23.4 Å². The summed E-state index contributed by atoms with van der Waals surface area (Å²) in [5.74, 6) is -3.01. The number of hydrogen-bond acceptors (Lipinski definition) is 3. The molecule has 4 nitrogen and oxygen atoms in total. The number of carbonyl (C=O) groups excluding carboxylic acids is 1. The number of alkyl carbamates (subject to hydrolysis) is 1. The Morgan fingerprint density at radius 3 is 2.38 bits per heavy atom. The van der Waals surface area contributed by atoms with E-state index in [1.807, 2.05) is 5.32 Å². The SMILES string of the molecule is CC(C)(C)OC(=O)NCC(F)(F)CCCO. The molecule has 0 atom stereocenters. The van der Waals surface area contributed by atoms with Crippen LogP contribution >= 0.6 is 0 Å². The molecular formula is C10H19F2NO3. The molecule has 96 valence electrons. The number of aliphatic hydroxyl groups excluding tert-OH is 1. The Kier molecular flexibility index (Phi) is 5.64. The Hall–Kier alpha value is -0.910. The number of aliphatic hydroxyl groups is 1. The summed E-state index contributed by atoms with van der Waals surface area (Å²) in [7, 11) is 0. The van der Waals surface area contributed by atoms with Crippen molar-refractivity contribution in [1.29, 1.82) is 0 Å². The van der Waals surface area contributed by atoms with Crippen LogP contribution in [0.15, 0.2) is 0 Å². The van der Waals surface area contributed by atoms with Crippen LogP contribution in [-0.2, 0) is 4.74 Å². The van der Waals surface area contributed by atoms with E-state index in [0.29, 0.717) is 0 Å². The monoisotopic (exact) mass is 239 g/mol. The van der Waals surface area contributed by atoms with Crippen LogP contribution in [0.2, 0.25) is 0 Å². The van der Waals surface area contributed by atoms with Gasteiger partial charge < -0.3 is 15.2 Å². The van der Waals surface area contributed by atoms with Crippen molar-refractivity contribution in [1.82, 2.24) is 5.32 Å². The molecule has 16 heavy (non-hydrogen) atoms. The molecule has 0 aromatic heterocycles. The molecule has 0 bridgehead atoms. The molecule has 0 unspecified atom stereocenters. The van der Waals surface area contributed by atoms with Crippen LogP contribution in [0.25, 0.3) is 0 Å². The third kappa shape index (κ3) is 8.40. The molecule has 0 rings (SSSR count). The predicted octanol–water partition coefficient (Wildman–Crippen LogP) is 1.92. The van der Waals surface area contributed by atoms with Crippen molar-refractivity contribution in [3.8, 4) is 0 Å². The van der Waals surface area contributed by atoms with Crippen LogP contribution in [0, 0.1) is 0 Å². The zero-order valence-corrected chi connectivity index (χ0v) is 9.85. The minimum atomic E-state index is -3.01. The smallest absolute Gasteiger partial charge is 0.407 e. The van der Waals surface area contributed by atoms with E-state index < -0.39 is 30.6 Å². The third-order valence-electron chi connectivity index (χ3n) is 1.59. The molecule has 0 aliphatic rings. The minimum Gasteiger partial charge on any atom is -0.444 e. The molecule has 0 radical (unpaired) electrons. The second kappa shape index (κ2) is 5.98. The Balaban J connectivity index is 3.90. The molecule has 0 saturated heterocycles. The Morgan fingerprint density at radius 2 is 1.94 bits per heavy atom. The molecule has 0 aromatic carbocycles. The van der Waals surface area contributed by atoms with Crippen LogP contribution in [0.5, 0.6) is 0 Å². The highest BCUT2D eigenvalue weighted by Crippen LogP contribution is 2.19. The second-order valence-corrected chi connectivity index (χ2v) is 4.54. The van der Waals surface area contributed by atoms with E-state index in [1.165, 1.54) is 0 Å². The zero-order chi connectivity index (χ0) is 12.8. The Bertz CT molecular complexity index is 227. The van der Waals surface area contributed by atoms with Gasteiger partial charge in [-0.25, -0.2) is 13.6 Å². The highest BCUT2D eigenvalue weighted by Gasteiger charge is 2.29. The summed E-state index contributed by atoms with van der Waals surface area (Å²) >= 11 is 0. The quantitative estimate of drug-likeness (QED) is 0.770. The summed E-state index contributed by atoms with van der Waals surface area (Å²) in [5, 5.41) is 10.4. The number of nitrogens with one attached hydrogen (secondary N) is 1. The van der Waals surface area contributed by atoms with Gasteiger partial charge in [0.25, 0.3) is 5.92 Å². The van der Waals surface area contributed by atoms with E-state index in [1.54, 1.807) is 20.8 Å². The first-order chi connectivity index (χ1) is 7.16. The number of alkyl halides is 2. The summed E-state index contributed by atoms with van der Waals surface area (Å²) in [6.07, 6.45) is -1.32. The maximum Gasteiger partial charge on any atom is 0.407 e. The van der Waals surface area contributed by atoms with Gasteiger partial charge in [-0.2, -0.15) is 0 Å². The summed E-state index contributed by atoms with van der Waals surface area (Å²) in [4.78, 5) is 11.1. The van der Waals surface area contributed by atoms with Crippen LogP contribution in [0.1, 0.15) is 33.6 Å². The average Bonchev–Trinajstić information content (AvgIpc) is 2.09. The van der Waals surface area contributed by atoms with Gasteiger partial charge in [-0.1, -0.05) is 0 Å². The first-order valence-electron chi connectivity index (χ1n) is 5.12. The van der Waals surface area contributed by atoms with Gasteiger partial charge in [-0.05, 0) is 27.2 Å². The normalized spacial score (nSPS) is 12.4. The number of halogens is 2. The average molecular weight is 239 g/mol. The molecular weight excluding hydrogens is 220 g/mol. The van der Waals surface area contributed by atoms with Gasteiger partial charge in [0.2, 0.25) is 0 Å². The number of amides is 1. The molecule has 0 fully saturated rings. The van der Waals surface area contributed by atoms with E-state index in [4.69, 9.17) is 9.84 Å². The molecule has 0 spiro atoms. The zero-order valence-electron chi connectivity index (χ0n) is 9.85. The largest absolute Gasteiger partial charge is 0.444 e. The fraction of sp³-hybridized carbons (Fsp3) is 0.900. The van der Waals surface area contributed by atoms with E-state index in [-0.39, 0.29) is 13.0 Å². The number of hydrogen-bond donors (Lipinski definition) is 2. The number of rotatable bonds is 5. The number of ether oxygens (including phenoxy) is 1. The molecule has 0 aromatic rings. The maximum atomic E-state index is 13.0. The van der Waals surface area contributed by atoms with Crippen LogP contribution in [0.4, 0.5) is 13.6 Å². The second-order valence-electron chi connectivity index (χ2n) is 4.54. The van der Waals surface area contributed by atoms with E-state index in [0.717, 1.165) is 0 Å². The van der Waals surface area contributed by atoms with Crippen molar-refractivity contribution in [2.45, 2.75) is 45.1 Å². The van der Waals surface area contributed by atoms with Gasteiger partial charge in [0.15, 0.2) is 0 Å². The lowest BCUT2D eigenvalue weighted by Crippen LogP contribution is -2.39. The molecule has 0 saturated carbocycles. The highest BCUT2D eigenvalue weighted by atomic mass is 19.3. The lowest BCUT2D eigenvalue weighted by atomic mass is 10.2. The van der Waals surface area contributed by atoms with E-state index >= 15 is 0 Å². The highest BCUT2D eigenvalue weighted by molar-refractivity contribution is 5.67. The van der Waals surface area contributed by atoms with Crippen LogP contribution < -0.4 is 5.32 Å².